The first kappa shape index (κ1) is 14.3. The molecule has 96 valence electrons. The van der Waals surface area contributed by atoms with Gasteiger partial charge in [-0.15, -0.1) is 11.6 Å². The summed E-state index contributed by atoms with van der Waals surface area (Å²) in [5.41, 5.74) is 1.35. The molecule has 0 heterocycles. The monoisotopic (exact) mass is 255 g/mol. The van der Waals surface area contributed by atoms with Gasteiger partial charge >= 0.3 is 0 Å². The molecule has 1 rings (SSSR count). The topological polar surface area (TPSA) is 21.3 Å². The van der Waals surface area contributed by atoms with E-state index < -0.39 is 0 Å². The largest absolute Gasteiger partial charge is 0.497 e. The molecule has 3 heteroatoms. The van der Waals surface area contributed by atoms with Crippen LogP contribution in [-0.4, -0.2) is 26.1 Å². The molecule has 0 atom stereocenters. The molecule has 0 spiro atoms. The normalized spacial score (nSPS) is 10.5. The van der Waals surface area contributed by atoms with Crippen LogP contribution in [0.25, 0.3) is 0 Å². The maximum Gasteiger partial charge on any atom is 0.118 e. The molecule has 0 amide bonds. The van der Waals surface area contributed by atoms with Crippen LogP contribution in [0.3, 0.4) is 0 Å². The fourth-order valence-corrected chi connectivity index (χ4v) is 1.86. The third-order valence-electron chi connectivity index (χ3n) is 2.74. The third-order valence-corrected chi connectivity index (χ3v) is 3.00. The van der Waals surface area contributed by atoms with Crippen molar-refractivity contribution in [2.75, 3.05) is 26.1 Å². The Morgan fingerprint density at radius 3 is 2.47 bits per heavy atom. The summed E-state index contributed by atoms with van der Waals surface area (Å²) in [6, 6.07) is 8.26. The second-order valence-corrected chi connectivity index (χ2v) is 4.48. The number of methoxy groups -OCH3 is 1. The first-order valence-electron chi connectivity index (χ1n) is 6.26. The van der Waals surface area contributed by atoms with E-state index >= 15 is 0 Å². The van der Waals surface area contributed by atoms with E-state index in [1.807, 2.05) is 12.1 Å². The Balaban J connectivity index is 2.05. The highest BCUT2D eigenvalue weighted by atomic mass is 35.5. The maximum atomic E-state index is 5.62. The predicted octanol–water partition coefficient (Wildman–Crippen LogP) is 3.24. The molecule has 0 aliphatic carbocycles. The van der Waals surface area contributed by atoms with Crippen LogP contribution in [-0.2, 0) is 6.42 Å². The van der Waals surface area contributed by atoms with Crippen molar-refractivity contribution in [2.24, 2.45) is 0 Å². The number of unbranched alkanes of at least 4 members (excludes halogenated alkanes) is 2. The van der Waals surface area contributed by atoms with Crippen LogP contribution in [0.15, 0.2) is 24.3 Å². The summed E-state index contributed by atoms with van der Waals surface area (Å²) >= 11 is 5.62. The molecule has 0 fully saturated rings. The van der Waals surface area contributed by atoms with Crippen LogP contribution in [0.5, 0.6) is 5.75 Å². The summed E-state index contributed by atoms with van der Waals surface area (Å²) in [7, 11) is 1.69. The smallest absolute Gasteiger partial charge is 0.118 e. The molecule has 0 bridgehead atoms. The highest BCUT2D eigenvalue weighted by Gasteiger charge is 1.94. The average Bonchev–Trinajstić information content (AvgIpc) is 2.38. The molecular weight excluding hydrogens is 234 g/mol. The molecule has 0 radical (unpaired) electrons. The standard InChI is InChI=1S/C14H22ClNO/c1-17-14-7-5-13(6-8-14)9-12-16-11-4-2-3-10-15/h5-8,16H,2-4,9-12H2,1H3. The number of rotatable bonds is 9. The molecule has 0 aliphatic heterocycles. The van der Waals surface area contributed by atoms with Gasteiger partial charge < -0.3 is 10.1 Å². The van der Waals surface area contributed by atoms with Crippen LogP contribution in [0.4, 0.5) is 0 Å². The van der Waals surface area contributed by atoms with Gasteiger partial charge in [-0.1, -0.05) is 18.6 Å². The Morgan fingerprint density at radius 2 is 1.82 bits per heavy atom. The molecule has 1 N–H and O–H groups in total. The number of halogens is 1. The third kappa shape index (κ3) is 6.54. The lowest BCUT2D eigenvalue weighted by molar-refractivity contribution is 0.414. The molecule has 0 aromatic heterocycles. The number of nitrogens with one attached hydrogen (secondary N) is 1. The van der Waals surface area contributed by atoms with Gasteiger partial charge in [-0.2, -0.15) is 0 Å². The van der Waals surface area contributed by atoms with Gasteiger partial charge in [0.05, 0.1) is 7.11 Å². The van der Waals surface area contributed by atoms with Gasteiger partial charge in [-0.25, -0.2) is 0 Å². The predicted molar refractivity (Wildman–Crippen MR) is 74.1 cm³/mol. The van der Waals surface area contributed by atoms with Gasteiger partial charge in [0.15, 0.2) is 0 Å². The zero-order valence-electron chi connectivity index (χ0n) is 10.5. The van der Waals surface area contributed by atoms with Gasteiger partial charge in [0.2, 0.25) is 0 Å². The van der Waals surface area contributed by atoms with Gasteiger partial charge in [0.25, 0.3) is 0 Å². The summed E-state index contributed by atoms with van der Waals surface area (Å²) < 4.78 is 5.12. The fourth-order valence-electron chi connectivity index (χ4n) is 1.67. The maximum absolute atomic E-state index is 5.62. The first-order valence-corrected chi connectivity index (χ1v) is 6.80. The van der Waals surface area contributed by atoms with Crippen molar-refractivity contribution in [1.82, 2.24) is 5.32 Å². The Hall–Kier alpha value is -0.730. The van der Waals surface area contributed by atoms with E-state index in [1.54, 1.807) is 7.11 Å². The summed E-state index contributed by atoms with van der Waals surface area (Å²) in [6.45, 7) is 2.13. The molecule has 0 saturated carbocycles. The molecule has 17 heavy (non-hydrogen) atoms. The molecule has 0 saturated heterocycles. The van der Waals surface area contributed by atoms with E-state index in [4.69, 9.17) is 16.3 Å². The lowest BCUT2D eigenvalue weighted by atomic mass is 10.1. The van der Waals surface area contributed by atoms with E-state index in [1.165, 1.54) is 18.4 Å². The average molecular weight is 256 g/mol. The molecule has 2 nitrogen and oxygen atoms in total. The van der Waals surface area contributed by atoms with Crippen LogP contribution >= 0.6 is 11.6 Å². The second-order valence-electron chi connectivity index (χ2n) is 4.10. The number of alkyl halides is 1. The number of hydrogen-bond acceptors (Lipinski definition) is 2. The minimum absolute atomic E-state index is 0.784. The number of ether oxygens (including phenoxy) is 1. The van der Waals surface area contributed by atoms with Crippen molar-refractivity contribution < 1.29 is 4.74 Å². The minimum Gasteiger partial charge on any atom is -0.497 e. The summed E-state index contributed by atoms with van der Waals surface area (Å²) in [5.74, 6) is 1.70. The van der Waals surface area contributed by atoms with Gasteiger partial charge in [0.1, 0.15) is 5.75 Å². The van der Waals surface area contributed by atoms with Crippen LogP contribution in [0.2, 0.25) is 0 Å². The van der Waals surface area contributed by atoms with Crippen molar-refractivity contribution in [2.45, 2.75) is 25.7 Å². The highest BCUT2D eigenvalue weighted by molar-refractivity contribution is 6.17. The lowest BCUT2D eigenvalue weighted by Crippen LogP contribution is -2.18. The van der Waals surface area contributed by atoms with Crippen molar-refractivity contribution in [3.63, 3.8) is 0 Å². The van der Waals surface area contributed by atoms with Gasteiger partial charge in [0, 0.05) is 5.88 Å². The van der Waals surface area contributed by atoms with Crippen LogP contribution < -0.4 is 10.1 Å². The van der Waals surface area contributed by atoms with Crippen molar-refractivity contribution in [3.05, 3.63) is 29.8 Å². The van der Waals surface area contributed by atoms with Crippen LogP contribution in [0.1, 0.15) is 24.8 Å². The van der Waals surface area contributed by atoms with E-state index in [0.29, 0.717) is 0 Å². The van der Waals surface area contributed by atoms with Crippen molar-refractivity contribution in [1.29, 1.82) is 0 Å². The summed E-state index contributed by atoms with van der Waals surface area (Å²) in [6.07, 6.45) is 4.63. The number of benzene rings is 1. The minimum atomic E-state index is 0.784. The van der Waals surface area contributed by atoms with Crippen LogP contribution in [0, 0.1) is 0 Å². The Morgan fingerprint density at radius 1 is 1.06 bits per heavy atom. The molecule has 0 aliphatic rings. The van der Waals surface area contributed by atoms with Gasteiger partial charge in [-0.05, 0) is 50.0 Å². The summed E-state index contributed by atoms with van der Waals surface area (Å²) in [4.78, 5) is 0. The number of hydrogen-bond donors (Lipinski definition) is 1. The summed E-state index contributed by atoms with van der Waals surface area (Å²) in [5, 5.41) is 3.45. The van der Waals surface area contributed by atoms with Crippen molar-refractivity contribution >= 4 is 11.6 Å². The zero-order chi connectivity index (χ0) is 12.3. The Bertz CT molecular complexity index is 287. The molecule has 1 aromatic carbocycles. The van der Waals surface area contributed by atoms with E-state index in [9.17, 15) is 0 Å². The zero-order valence-corrected chi connectivity index (χ0v) is 11.3. The Kier molecular flexibility index (Phi) is 7.85. The molecule has 0 unspecified atom stereocenters. The van der Waals surface area contributed by atoms with E-state index in [0.717, 1.165) is 37.6 Å². The Labute approximate surface area is 109 Å². The fraction of sp³-hybridized carbons (Fsp3) is 0.571. The lowest BCUT2D eigenvalue weighted by Gasteiger charge is -2.05. The quantitative estimate of drug-likeness (QED) is 0.540. The molecule has 1 aromatic rings. The highest BCUT2D eigenvalue weighted by Crippen LogP contribution is 2.11. The molecular formula is C14H22ClNO. The van der Waals surface area contributed by atoms with Gasteiger partial charge in [-0.3, -0.25) is 0 Å². The van der Waals surface area contributed by atoms with E-state index in [2.05, 4.69) is 17.4 Å². The second kappa shape index (κ2) is 9.32. The first-order chi connectivity index (χ1) is 8.36. The SMILES string of the molecule is COc1ccc(CCNCCCCCCl)cc1. The van der Waals surface area contributed by atoms with E-state index in [-0.39, 0.29) is 0 Å². The van der Waals surface area contributed by atoms with Crippen molar-refractivity contribution in [3.8, 4) is 5.75 Å².